The van der Waals surface area contributed by atoms with Crippen LogP contribution in [-0.4, -0.2) is 54.0 Å². The lowest BCUT2D eigenvalue weighted by Gasteiger charge is -2.35. The summed E-state index contributed by atoms with van der Waals surface area (Å²) in [5.41, 5.74) is 2.95. The molecular weight excluding hydrogens is 454 g/mol. The topological polar surface area (TPSA) is 144 Å². The predicted octanol–water partition coefficient (Wildman–Crippen LogP) is 2.27. The molecule has 4 rings (SSSR count). The number of carbonyl (C=O) groups excluding carboxylic acids is 2. The molecule has 1 unspecified atom stereocenters. The third kappa shape index (κ3) is 4.11. The molecule has 2 amide bonds. The van der Waals surface area contributed by atoms with Crippen molar-refractivity contribution in [2.75, 3.05) is 23.3 Å². The van der Waals surface area contributed by atoms with Crippen molar-refractivity contribution in [1.29, 1.82) is 0 Å². The van der Waals surface area contributed by atoms with E-state index in [4.69, 9.17) is 5.21 Å². The van der Waals surface area contributed by atoms with Crippen molar-refractivity contribution in [2.24, 2.45) is 0 Å². The minimum Gasteiger partial charge on any atom is -0.369 e. The molecule has 0 saturated carbocycles. The maximum absolute atomic E-state index is 13.0. The average molecular weight is 476 g/mol. The molecule has 1 aromatic carbocycles. The second-order valence-electron chi connectivity index (χ2n) is 7.23. The minimum absolute atomic E-state index is 0.0534. The van der Waals surface area contributed by atoms with Crippen LogP contribution in [0.3, 0.4) is 0 Å². The van der Waals surface area contributed by atoms with Crippen LogP contribution in [0.5, 0.6) is 0 Å². The highest BCUT2D eigenvalue weighted by molar-refractivity contribution is 7.92. The highest BCUT2D eigenvalue weighted by atomic mass is 32.2. The van der Waals surface area contributed by atoms with Crippen LogP contribution in [0.15, 0.2) is 46.7 Å². The Morgan fingerprint density at radius 1 is 1.31 bits per heavy atom. The van der Waals surface area contributed by atoms with E-state index in [0.717, 1.165) is 10.6 Å². The average Bonchev–Trinajstić information content (AvgIpc) is 3.47. The largest absolute Gasteiger partial charge is 0.369 e. The first-order valence-corrected chi connectivity index (χ1v) is 12.2. The van der Waals surface area contributed by atoms with Gasteiger partial charge < -0.3 is 10.2 Å². The molecule has 0 spiro atoms. The van der Waals surface area contributed by atoms with Crippen molar-refractivity contribution in [3.8, 4) is 10.6 Å². The van der Waals surface area contributed by atoms with Gasteiger partial charge in [-0.2, -0.15) is 5.10 Å². The number of nitrogens with zero attached hydrogens (tertiary/aromatic N) is 2. The van der Waals surface area contributed by atoms with Gasteiger partial charge in [-0.25, -0.2) is 13.9 Å². The van der Waals surface area contributed by atoms with Gasteiger partial charge in [0.2, 0.25) is 5.91 Å². The van der Waals surface area contributed by atoms with Crippen molar-refractivity contribution in [2.45, 2.75) is 23.5 Å². The van der Waals surface area contributed by atoms with Crippen LogP contribution in [0.1, 0.15) is 23.7 Å². The number of sulfone groups is 1. The van der Waals surface area contributed by atoms with Crippen LogP contribution < -0.4 is 15.7 Å². The lowest BCUT2D eigenvalue weighted by atomic mass is 10.1. The van der Waals surface area contributed by atoms with Crippen molar-refractivity contribution in [3.05, 3.63) is 47.3 Å². The first kappa shape index (κ1) is 22.0. The number of nitrogens with one attached hydrogen (secondary N) is 3. The second-order valence-corrected chi connectivity index (χ2v) is 10.4. The molecule has 0 saturated heterocycles. The third-order valence-corrected chi connectivity index (χ3v) is 8.31. The lowest BCUT2D eigenvalue weighted by molar-refractivity contribution is -0.129. The molecule has 1 aliphatic rings. The van der Waals surface area contributed by atoms with Crippen molar-refractivity contribution in [3.63, 3.8) is 0 Å². The zero-order valence-electron chi connectivity index (χ0n) is 17.0. The first-order chi connectivity index (χ1) is 15.3. The fourth-order valence-electron chi connectivity index (χ4n) is 3.63. The van der Waals surface area contributed by atoms with Crippen LogP contribution in [0.2, 0.25) is 0 Å². The van der Waals surface area contributed by atoms with E-state index >= 15 is 0 Å². The number of aromatic nitrogens is 2. The molecule has 12 heteroatoms. The summed E-state index contributed by atoms with van der Waals surface area (Å²) >= 11 is 1.54. The standard InChI is InChI=1S/C20H21N5O5S2/c1-2-25-11-13(9-19(26)24-28)32(29,30)17-6-5-12(8-15(17)25)20(27)21-18-10-14(22-23-18)16-4-3-7-31-16/h3-8,10,13,28H,2,9,11H2,1H3,(H,24,26)(H2,21,22,23,27). The number of carbonyl (C=O) groups is 2. The van der Waals surface area contributed by atoms with E-state index in [1.165, 1.54) is 23.7 Å². The van der Waals surface area contributed by atoms with Crippen LogP contribution in [0.25, 0.3) is 10.6 Å². The number of amides is 2. The van der Waals surface area contributed by atoms with E-state index in [-0.39, 0.29) is 23.4 Å². The summed E-state index contributed by atoms with van der Waals surface area (Å²) in [4.78, 5) is 27.2. The number of fused-ring (bicyclic) bond motifs is 1. The number of rotatable bonds is 6. The van der Waals surface area contributed by atoms with Crippen LogP contribution in [-0.2, 0) is 14.6 Å². The summed E-state index contributed by atoms with van der Waals surface area (Å²) < 4.78 is 26.0. The van der Waals surface area contributed by atoms with Crippen LogP contribution in [0, 0.1) is 0 Å². The summed E-state index contributed by atoms with van der Waals surface area (Å²) in [5.74, 6) is -0.839. The van der Waals surface area contributed by atoms with E-state index in [2.05, 4.69) is 15.5 Å². The van der Waals surface area contributed by atoms with Gasteiger partial charge in [-0.1, -0.05) is 6.07 Å². The summed E-state index contributed by atoms with van der Waals surface area (Å²) in [6.45, 7) is 2.41. The Bertz CT molecular complexity index is 1250. The molecule has 1 aliphatic heterocycles. The maximum Gasteiger partial charge on any atom is 0.256 e. The molecule has 4 N–H and O–H groups in total. The zero-order chi connectivity index (χ0) is 22.9. The molecule has 3 aromatic rings. The summed E-state index contributed by atoms with van der Waals surface area (Å²) in [7, 11) is -3.82. The van der Waals surface area contributed by atoms with Crippen molar-refractivity contribution < 1.29 is 23.2 Å². The van der Waals surface area contributed by atoms with Gasteiger partial charge in [-0.15, -0.1) is 11.3 Å². The number of hydrogen-bond donors (Lipinski definition) is 4. The molecule has 2 aromatic heterocycles. The van der Waals surface area contributed by atoms with Crippen molar-refractivity contribution >= 4 is 44.5 Å². The summed E-state index contributed by atoms with van der Waals surface area (Å²) in [6, 6.07) is 9.92. The number of hydrogen-bond acceptors (Lipinski definition) is 8. The number of H-pyrrole nitrogens is 1. The fourth-order valence-corrected chi connectivity index (χ4v) is 6.16. The summed E-state index contributed by atoms with van der Waals surface area (Å²) in [5, 5.41) is 19.4. The molecule has 32 heavy (non-hydrogen) atoms. The van der Waals surface area contributed by atoms with Gasteiger partial charge in [0, 0.05) is 31.1 Å². The number of benzene rings is 1. The Labute approximate surface area is 188 Å². The Balaban J connectivity index is 1.59. The fraction of sp³-hybridized carbons (Fsp3) is 0.250. The molecule has 1 atom stereocenters. The highest BCUT2D eigenvalue weighted by Crippen LogP contribution is 2.36. The van der Waals surface area contributed by atoms with Crippen LogP contribution >= 0.6 is 11.3 Å². The highest BCUT2D eigenvalue weighted by Gasteiger charge is 2.38. The molecule has 0 aliphatic carbocycles. The normalized spacial score (nSPS) is 16.9. The molecule has 0 bridgehead atoms. The molecule has 0 fully saturated rings. The monoisotopic (exact) mass is 475 g/mol. The molecule has 0 radical (unpaired) electrons. The van der Waals surface area contributed by atoms with E-state index in [9.17, 15) is 18.0 Å². The van der Waals surface area contributed by atoms with E-state index in [0.29, 0.717) is 18.1 Å². The first-order valence-electron chi connectivity index (χ1n) is 9.80. The van der Waals surface area contributed by atoms with Gasteiger partial charge in [0.05, 0.1) is 26.4 Å². The quantitative estimate of drug-likeness (QED) is 0.316. The van der Waals surface area contributed by atoms with E-state index in [1.54, 1.807) is 22.3 Å². The number of anilines is 2. The maximum atomic E-state index is 13.0. The molecular formula is C20H21N5O5S2. The lowest BCUT2D eigenvalue weighted by Crippen LogP contribution is -2.44. The number of thiophene rings is 1. The zero-order valence-corrected chi connectivity index (χ0v) is 18.7. The molecule has 3 heterocycles. The smallest absolute Gasteiger partial charge is 0.256 e. The third-order valence-electron chi connectivity index (χ3n) is 5.26. The Hall–Kier alpha value is -3.22. The van der Waals surface area contributed by atoms with Gasteiger partial charge in [0.25, 0.3) is 5.91 Å². The van der Waals surface area contributed by atoms with Gasteiger partial charge in [-0.05, 0) is 36.6 Å². The second kappa shape index (κ2) is 8.73. The van der Waals surface area contributed by atoms with E-state index < -0.39 is 26.9 Å². The molecule has 10 nitrogen and oxygen atoms in total. The van der Waals surface area contributed by atoms with Crippen LogP contribution in [0.4, 0.5) is 11.5 Å². The van der Waals surface area contributed by atoms with E-state index in [1.807, 2.05) is 24.4 Å². The Morgan fingerprint density at radius 2 is 2.12 bits per heavy atom. The number of aromatic amines is 1. The SMILES string of the molecule is CCN1CC(CC(=O)NO)S(=O)(=O)c2ccc(C(=O)Nc3cc(-c4cccs4)[nH]n3)cc21. The van der Waals surface area contributed by atoms with Gasteiger partial charge in [-0.3, -0.25) is 19.9 Å². The predicted molar refractivity (Wildman–Crippen MR) is 120 cm³/mol. The molecule has 168 valence electrons. The minimum atomic E-state index is -3.82. The Kier molecular flexibility index (Phi) is 6.00. The van der Waals surface area contributed by atoms with Gasteiger partial charge in [0.15, 0.2) is 15.7 Å². The summed E-state index contributed by atoms with van der Waals surface area (Å²) in [6.07, 6.45) is -0.358. The van der Waals surface area contributed by atoms with Crippen molar-refractivity contribution in [1.82, 2.24) is 15.7 Å². The van der Waals surface area contributed by atoms with Gasteiger partial charge in [0.1, 0.15) is 0 Å². The Morgan fingerprint density at radius 3 is 2.81 bits per heavy atom. The number of hydroxylamine groups is 1. The van der Waals surface area contributed by atoms with Gasteiger partial charge >= 0.3 is 0 Å².